The van der Waals surface area contributed by atoms with Crippen LogP contribution in [0.5, 0.6) is 0 Å². The molecule has 0 atom stereocenters. The second-order valence-electron chi connectivity index (χ2n) is 5.25. The fraction of sp³-hybridized carbons (Fsp3) is 0.571. The molecule has 0 radical (unpaired) electrons. The van der Waals surface area contributed by atoms with Crippen molar-refractivity contribution in [1.29, 1.82) is 0 Å². The van der Waals surface area contributed by atoms with Gasteiger partial charge in [-0.1, -0.05) is 6.92 Å². The Balaban J connectivity index is 2.12. The Morgan fingerprint density at radius 1 is 1.48 bits per heavy atom. The van der Waals surface area contributed by atoms with E-state index in [1.54, 1.807) is 0 Å². The lowest BCUT2D eigenvalue weighted by Gasteiger charge is -2.33. The van der Waals surface area contributed by atoms with E-state index < -0.39 is 10.7 Å². The van der Waals surface area contributed by atoms with E-state index in [0.717, 1.165) is 45.1 Å². The van der Waals surface area contributed by atoms with Crippen LogP contribution >= 0.6 is 15.9 Å². The van der Waals surface area contributed by atoms with Gasteiger partial charge in [-0.25, -0.2) is 4.39 Å². The number of hydrogen-bond donors (Lipinski definition) is 1. The van der Waals surface area contributed by atoms with Gasteiger partial charge in [0.15, 0.2) is 0 Å². The van der Waals surface area contributed by atoms with E-state index in [-0.39, 0.29) is 10.2 Å². The number of rotatable bonds is 5. The number of nitro groups is 1. The van der Waals surface area contributed by atoms with E-state index in [4.69, 9.17) is 0 Å². The summed E-state index contributed by atoms with van der Waals surface area (Å²) in [5.74, 6) is -0.00312. The average Bonchev–Trinajstić information content (AvgIpc) is 2.48. The van der Waals surface area contributed by atoms with Gasteiger partial charge in [-0.2, -0.15) is 0 Å². The Kier molecular flexibility index (Phi) is 5.52. The fourth-order valence-corrected chi connectivity index (χ4v) is 2.98. The van der Waals surface area contributed by atoms with Crippen LogP contribution in [0, 0.1) is 21.8 Å². The molecule has 7 heteroatoms. The highest BCUT2D eigenvalue weighted by Gasteiger charge is 2.26. The van der Waals surface area contributed by atoms with Gasteiger partial charge in [0.25, 0.3) is 5.69 Å². The highest BCUT2D eigenvalue weighted by Crippen LogP contribution is 2.35. The zero-order valence-electron chi connectivity index (χ0n) is 11.9. The van der Waals surface area contributed by atoms with Crippen molar-refractivity contribution in [3.63, 3.8) is 0 Å². The van der Waals surface area contributed by atoms with E-state index in [1.807, 2.05) is 4.90 Å². The maximum Gasteiger partial charge on any atom is 0.295 e. The molecule has 0 aromatic heterocycles. The zero-order chi connectivity index (χ0) is 15.4. The normalized spacial score (nSPS) is 16.2. The van der Waals surface area contributed by atoms with Gasteiger partial charge in [-0.3, -0.25) is 10.1 Å². The van der Waals surface area contributed by atoms with E-state index >= 15 is 0 Å². The van der Waals surface area contributed by atoms with E-state index in [9.17, 15) is 14.5 Å². The Hall–Kier alpha value is -1.21. The Bertz CT molecular complexity index is 519. The molecule has 0 unspecified atom stereocenters. The standard InChI is InChI=1S/C14H19BrFN3O2/c1-2-17-9-10-3-5-18(6-4-10)13-7-11(15)12(16)8-14(13)19(20)21/h7-8,10,17H,2-6,9H2,1H3. The van der Waals surface area contributed by atoms with Gasteiger partial charge in [0.05, 0.1) is 15.5 Å². The molecule has 116 valence electrons. The molecule has 0 spiro atoms. The summed E-state index contributed by atoms with van der Waals surface area (Å²) in [4.78, 5) is 12.6. The van der Waals surface area contributed by atoms with Crippen LogP contribution in [0.25, 0.3) is 0 Å². The number of nitro benzene ring substituents is 1. The molecule has 21 heavy (non-hydrogen) atoms. The third kappa shape index (κ3) is 3.91. The van der Waals surface area contributed by atoms with Gasteiger partial charge in [0.2, 0.25) is 0 Å². The van der Waals surface area contributed by atoms with E-state index in [0.29, 0.717) is 11.6 Å². The number of anilines is 1. The maximum atomic E-state index is 13.5. The highest BCUT2D eigenvalue weighted by atomic mass is 79.9. The zero-order valence-corrected chi connectivity index (χ0v) is 13.5. The van der Waals surface area contributed by atoms with Crippen LogP contribution in [0.1, 0.15) is 19.8 Å². The number of nitrogens with one attached hydrogen (secondary N) is 1. The van der Waals surface area contributed by atoms with Crippen LogP contribution in [0.2, 0.25) is 0 Å². The number of benzene rings is 1. The number of piperidine rings is 1. The van der Waals surface area contributed by atoms with Crippen molar-refractivity contribution in [3.8, 4) is 0 Å². The molecule has 1 fully saturated rings. The van der Waals surface area contributed by atoms with Gasteiger partial charge in [-0.05, 0) is 53.8 Å². The molecule has 1 heterocycles. The lowest BCUT2D eigenvalue weighted by Crippen LogP contribution is -2.37. The van der Waals surface area contributed by atoms with Gasteiger partial charge >= 0.3 is 0 Å². The van der Waals surface area contributed by atoms with Gasteiger partial charge in [-0.15, -0.1) is 0 Å². The first-order valence-electron chi connectivity index (χ1n) is 7.12. The van der Waals surface area contributed by atoms with Gasteiger partial charge < -0.3 is 10.2 Å². The van der Waals surface area contributed by atoms with Crippen LogP contribution in [0.15, 0.2) is 16.6 Å². The number of halogens is 2. The fourth-order valence-electron chi connectivity index (χ4n) is 2.65. The predicted octanol–water partition coefficient (Wildman–Crippen LogP) is 3.32. The largest absolute Gasteiger partial charge is 0.366 e. The smallest absolute Gasteiger partial charge is 0.295 e. The minimum absolute atomic E-state index is 0.166. The topological polar surface area (TPSA) is 58.4 Å². The predicted molar refractivity (Wildman–Crippen MR) is 84.2 cm³/mol. The number of hydrogen-bond acceptors (Lipinski definition) is 4. The van der Waals surface area contributed by atoms with Crippen molar-refractivity contribution in [2.24, 2.45) is 5.92 Å². The molecule has 1 aliphatic heterocycles. The average molecular weight is 360 g/mol. The maximum absolute atomic E-state index is 13.5. The molecule has 5 nitrogen and oxygen atoms in total. The Morgan fingerprint density at radius 2 is 2.14 bits per heavy atom. The van der Waals surface area contributed by atoms with Crippen molar-refractivity contribution in [2.45, 2.75) is 19.8 Å². The minimum Gasteiger partial charge on any atom is -0.366 e. The molecule has 1 aromatic carbocycles. The molecular formula is C14H19BrFN3O2. The van der Waals surface area contributed by atoms with Crippen molar-refractivity contribution >= 4 is 27.3 Å². The van der Waals surface area contributed by atoms with Crippen molar-refractivity contribution in [2.75, 3.05) is 31.1 Å². The summed E-state index contributed by atoms with van der Waals surface area (Å²) in [7, 11) is 0. The Morgan fingerprint density at radius 3 is 2.71 bits per heavy atom. The van der Waals surface area contributed by atoms with Crippen LogP contribution in [-0.4, -0.2) is 31.1 Å². The molecule has 1 N–H and O–H groups in total. The van der Waals surface area contributed by atoms with Gasteiger partial charge in [0, 0.05) is 13.1 Å². The summed E-state index contributed by atoms with van der Waals surface area (Å²) >= 11 is 3.11. The second kappa shape index (κ2) is 7.17. The van der Waals surface area contributed by atoms with Crippen LogP contribution in [-0.2, 0) is 0 Å². The van der Waals surface area contributed by atoms with Crippen molar-refractivity contribution in [1.82, 2.24) is 5.32 Å². The molecule has 0 amide bonds. The molecule has 1 aromatic rings. The quantitative estimate of drug-likeness (QED) is 0.647. The molecule has 1 aliphatic rings. The van der Waals surface area contributed by atoms with Crippen LogP contribution in [0.3, 0.4) is 0 Å². The lowest BCUT2D eigenvalue weighted by atomic mass is 9.96. The third-order valence-corrected chi connectivity index (χ3v) is 4.46. The first-order valence-corrected chi connectivity index (χ1v) is 7.91. The van der Waals surface area contributed by atoms with Crippen LogP contribution in [0.4, 0.5) is 15.8 Å². The second-order valence-corrected chi connectivity index (χ2v) is 6.10. The SMILES string of the molecule is CCNCC1CCN(c2cc(Br)c(F)cc2[N+](=O)[O-])CC1. The van der Waals surface area contributed by atoms with Crippen molar-refractivity contribution < 1.29 is 9.31 Å². The highest BCUT2D eigenvalue weighted by molar-refractivity contribution is 9.10. The molecule has 0 aliphatic carbocycles. The van der Waals surface area contributed by atoms with Crippen molar-refractivity contribution in [3.05, 3.63) is 32.5 Å². The lowest BCUT2D eigenvalue weighted by molar-refractivity contribution is -0.384. The molecular weight excluding hydrogens is 341 g/mol. The summed E-state index contributed by atoms with van der Waals surface area (Å²) in [6.07, 6.45) is 1.97. The minimum atomic E-state index is -0.604. The summed E-state index contributed by atoms with van der Waals surface area (Å²) in [6, 6.07) is 2.50. The summed E-state index contributed by atoms with van der Waals surface area (Å²) in [5, 5.41) is 14.5. The van der Waals surface area contributed by atoms with Gasteiger partial charge in [0.1, 0.15) is 11.5 Å². The summed E-state index contributed by atoms with van der Waals surface area (Å²) in [5.41, 5.74) is 0.330. The van der Waals surface area contributed by atoms with E-state index in [1.165, 1.54) is 6.07 Å². The number of nitrogens with zero attached hydrogens (tertiary/aromatic N) is 2. The molecule has 2 rings (SSSR count). The first-order chi connectivity index (χ1) is 10.0. The molecule has 1 saturated heterocycles. The third-order valence-electron chi connectivity index (χ3n) is 3.85. The summed E-state index contributed by atoms with van der Waals surface area (Å²) in [6.45, 7) is 5.54. The van der Waals surface area contributed by atoms with Crippen LogP contribution < -0.4 is 10.2 Å². The summed E-state index contributed by atoms with van der Waals surface area (Å²) < 4.78 is 13.8. The monoisotopic (exact) mass is 359 g/mol. The molecule has 0 bridgehead atoms. The Labute approximate surface area is 131 Å². The van der Waals surface area contributed by atoms with E-state index in [2.05, 4.69) is 28.2 Å². The first kappa shape index (κ1) is 16.2. The molecule has 0 saturated carbocycles.